The molecule has 0 aliphatic heterocycles. The van der Waals surface area contributed by atoms with Crippen molar-refractivity contribution in [2.24, 2.45) is 0 Å². The van der Waals surface area contributed by atoms with Crippen LogP contribution in [0, 0.1) is 0 Å². The maximum absolute atomic E-state index is 11.0. The van der Waals surface area contributed by atoms with Crippen LogP contribution in [0.25, 0.3) is 0 Å². The molecule has 0 spiro atoms. The highest BCUT2D eigenvalue weighted by molar-refractivity contribution is 5.48. The Kier molecular flexibility index (Phi) is 2.52. The SMILES string of the molecule is CCc1cc(N(O)O)ccc1[O-]. The highest BCUT2D eigenvalue weighted by atomic mass is 16.8. The fourth-order valence-electron chi connectivity index (χ4n) is 0.967. The van der Waals surface area contributed by atoms with Crippen LogP contribution in [0.15, 0.2) is 18.2 Å². The van der Waals surface area contributed by atoms with Gasteiger partial charge in [0.25, 0.3) is 0 Å². The summed E-state index contributed by atoms with van der Waals surface area (Å²) in [5.41, 5.74) is 0.770. The number of benzene rings is 1. The van der Waals surface area contributed by atoms with Gasteiger partial charge in [-0.3, -0.25) is 10.4 Å². The van der Waals surface area contributed by atoms with Gasteiger partial charge >= 0.3 is 0 Å². The second-order valence-electron chi connectivity index (χ2n) is 2.44. The molecule has 0 aliphatic carbocycles. The summed E-state index contributed by atoms with van der Waals surface area (Å²) in [5, 5.41) is 28.3. The number of hydrogen-bond acceptors (Lipinski definition) is 4. The molecule has 4 heteroatoms. The van der Waals surface area contributed by atoms with Crippen molar-refractivity contribution in [2.75, 3.05) is 5.23 Å². The van der Waals surface area contributed by atoms with Gasteiger partial charge in [-0.15, -0.1) is 11.0 Å². The monoisotopic (exact) mass is 168 g/mol. The molecule has 4 nitrogen and oxygen atoms in total. The van der Waals surface area contributed by atoms with E-state index in [0.29, 0.717) is 12.0 Å². The van der Waals surface area contributed by atoms with Crippen molar-refractivity contribution in [3.63, 3.8) is 0 Å². The van der Waals surface area contributed by atoms with E-state index in [-0.39, 0.29) is 16.7 Å². The zero-order chi connectivity index (χ0) is 9.14. The van der Waals surface area contributed by atoms with Gasteiger partial charge in [-0.05, 0) is 18.6 Å². The van der Waals surface area contributed by atoms with E-state index in [1.807, 2.05) is 6.92 Å². The van der Waals surface area contributed by atoms with Crippen LogP contribution in [0.1, 0.15) is 12.5 Å². The van der Waals surface area contributed by atoms with E-state index in [9.17, 15) is 5.11 Å². The second kappa shape index (κ2) is 3.42. The summed E-state index contributed by atoms with van der Waals surface area (Å²) in [6.45, 7) is 1.83. The Morgan fingerprint density at radius 2 is 2.08 bits per heavy atom. The normalized spacial score (nSPS) is 9.92. The minimum Gasteiger partial charge on any atom is -0.872 e. The molecule has 0 fully saturated rings. The van der Waals surface area contributed by atoms with Crippen LogP contribution in [0.4, 0.5) is 5.69 Å². The molecule has 1 aromatic rings. The van der Waals surface area contributed by atoms with Crippen molar-refractivity contribution in [1.82, 2.24) is 0 Å². The Balaban J connectivity index is 3.05. The van der Waals surface area contributed by atoms with E-state index < -0.39 is 0 Å². The van der Waals surface area contributed by atoms with E-state index in [0.717, 1.165) is 0 Å². The molecule has 0 bridgehead atoms. The van der Waals surface area contributed by atoms with Gasteiger partial charge in [0.2, 0.25) is 0 Å². The molecule has 0 saturated heterocycles. The van der Waals surface area contributed by atoms with E-state index in [1.165, 1.54) is 18.2 Å². The smallest absolute Gasteiger partial charge is 0.0945 e. The van der Waals surface area contributed by atoms with Crippen LogP contribution in [0.3, 0.4) is 0 Å². The first-order chi connectivity index (χ1) is 5.65. The molecule has 0 atom stereocenters. The summed E-state index contributed by atoms with van der Waals surface area (Å²) in [5.74, 6) is -0.0805. The second-order valence-corrected chi connectivity index (χ2v) is 2.44. The van der Waals surface area contributed by atoms with Crippen molar-refractivity contribution in [1.29, 1.82) is 0 Å². The summed E-state index contributed by atoms with van der Waals surface area (Å²) in [6, 6.07) is 4.11. The predicted octanol–water partition coefficient (Wildman–Crippen LogP) is 0.907. The highest BCUT2D eigenvalue weighted by Crippen LogP contribution is 2.20. The van der Waals surface area contributed by atoms with Gasteiger partial charge in [0, 0.05) is 0 Å². The Bertz CT molecular complexity index is 273. The number of rotatable bonds is 2. The van der Waals surface area contributed by atoms with Crippen LogP contribution in [-0.2, 0) is 6.42 Å². The lowest BCUT2D eigenvalue weighted by Crippen LogP contribution is -2.11. The molecule has 0 radical (unpaired) electrons. The standard InChI is InChI=1S/C8H11NO3/c1-2-6-5-7(9(11)12)3-4-8(6)10/h3-5,10-12H,2H2,1H3/p-1. The van der Waals surface area contributed by atoms with E-state index in [1.54, 1.807) is 0 Å². The summed E-state index contributed by atoms with van der Waals surface area (Å²) >= 11 is 0. The van der Waals surface area contributed by atoms with Crippen molar-refractivity contribution in [3.05, 3.63) is 23.8 Å². The predicted molar refractivity (Wildman–Crippen MR) is 41.3 cm³/mol. The zero-order valence-corrected chi connectivity index (χ0v) is 6.69. The van der Waals surface area contributed by atoms with Gasteiger partial charge in [0.1, 0.15) is 0 Å². The van der Waals surface area contributed by atoms with Crippen molar-refractivity contribution in [3.8, 4) is 5.75 Å². The summed E-state index contributed by atoms with van der Waals surface area (Å²) in [4.78, 5) is 0. The average molecular weight is 168 g/mol. The molecule has 1 aromatic carbocycles. The highest BCUT2D eigenvalue weighted by Gasteiger charge is 1.99. The minimum absolute atomic E-state index is 0.00139. The zero-order valence-electron chi connectivity index (χ0n) is 6.69. The molecule has 12 heavy (non-hydrogen) atoms. The molecule has 0 aromatic heterocycles. The molecule has 1 rings (SSSR count). The summed E-state index contributed by atoms with van der Waals surface area (Å²) in [7, 11) is 0. The van der Waals surface area contributed by atoms with Crippen molar-refractivity contribution in [2.45, 2.75) is 13.3 Å². The first-order valence-electron chi connectivity index (χ1n) is 3.63. The Labute approximate surface area is 70.2 Å². The largest absolute Gasteiger partial charge is 0.872 e. The number of hydrogen-bond donors (Lipinski definition) is 2. The van der Waals surface area contributed by atoms with Crippen molar-refractivity contribution >= 4 is 5.69 Å². The molecule has 66 valence electrons. The molecule has 0 saturated carbocycles. The third-order valence-electron chi connectivity index (χ3n) is 1.66. The Morgan fingerprint density at radius 1 is 1.42 bits per heavy atom. The van der Waals surface area contributed by atoms with E-state index in [2.05, 4.69) is 0 Å². The van der Waals surface area contributed by atoms with Gasteiger partial charge in [0.15, 0.2) is 0 Å². The van der Waals surface area contributed by atoms with E-state index >= 15 is 0 Å². The first kappa shape index (κ1) is 8.83. The average Bonchev–Trinajstić information content (AvgIpc) is 2.05. The fourth-order valence-corrected chi connectivity index (χ4v) is 0.967. The number of aryl methyl sites for hydroxylation is 1. The van der Waals surface area contributed by atoms with Gasteiger partial charge in [-0.2, -0.15) is 0 Å². The minimum atomic E-state index is -0.0805. The van der Waals surface area contributed by atoms with E-state index in [4.69, 9.17) is 10.4 Å². The first-order valence-corrected chi connectivity index (χ1v) is 3.63. The molecule has 0 amide bonds. The topological polar surface area (TPSA) is 66.8 Å². The van der Waals surface area contributed by atoms with Crippen LogP contribution >= 0.6 is 0 Å². The van der Waals surface area contributed by atoms with Crippen LogP contribution < -0.4 is 10.3 Å². The lowest BCUT2D eigenvalue weighted by molar-refractivity contribution is -0.269. The maximum atomic E-state index is 11.0. The lowest BCUT2D eigenvalue weighted by atomic mass is 10.1. The molecular weight excluding hydrogens is 158 g/mol. The summed E-state index contributed by atoms with van der Waals surface area (Å²) in [6.07, 6.45) is 0.584. The lowest BCUT2D eigenvalue weighted by Gasteiger charge is -2.15. The quantitative estimate of drug-likeness (QED) is 0.644. The molecule has 0 unspecified atom stereocenters. The van der Waals surface area contributed by atoms with Crippen LogP contribution in [0.5, 0.6) is 5.75 Å². The number of nitrogens with zero attached hydrogens (tertiary/aromatic N) is 1. The van der Waals surface area contributed by atoms with Gasteiger partial charge in [-0.1, -0.05) is 18.6 Å². The van der Waals surface area contributed by atoms with Crippen LogP contribution in [0.2, 0.25) is 0 Å². The maximum Gasteiger partial charge on any atom is 0.0945 e. The van der Waals surface area contributed by atoms with Crippen LogP contribution in [-0.4, -0.2) is 10.4 Å². The Morgan fingerprint density at radius 3 is 2.58 bits per heavy atom. The number of anilines is 1. The molecular formula is C8H10NO3-. The Hall–Kier alpha value is -1.26. The summed E-state index contributed by atoms with van der Waals surface area (Å²) < 4.78 is 0. The molecule has 0 aliphatic rings. The third-order valence-corrected chi connectivity index (χ3v) is 1.66. The van der Waals surface area contributed by atoms with Crippen molar-refractivity contribution < 1.29 is 15.5 Å². The third kappa shape index (κ3) is 1.66. The molecule has 0 heterocycles. The fraction of sp³-hybridized carbons (Fsp3) is 0.250. The van der Waals surface area contributed by atoms with Gasteiger partial charge < -0.3 is 5.11 Å². The van der Waals surface area contributed by atoms with Gasteiger partial charge in [-0.25, -0.2) is 0 Å². The van der Waals surface area contributed by atoms with Gasteiger partial charge in [0.05, 0.1) is 5.69 Å². The molecule has 2 N–H and O–H groups in total.